The minimum Gasteiger partial charge on any atom is -0.384 e. The molecule has 33 heavy (non-hydrogen) atoms. The Morgan fingerprint density at radius 1 is 1.09 bits per heavy atom. The fourth-order valence-corrected chi connectivity index (χ4v) is 4.38. The van der Waals surface area contributed by atoms with Crippen LogP contribution in [0, 0.1) is 6.92 Å². The second-order valence-corrected chi connectivity index (χ2v) is 8.55. The Balaban J connectivity index is 1.63. The van der Waals surface area contributed by atoms with Crippen molar-refractivity contribution in [3.05, 3.63) is 105 Å². The Hall–Kier alpha value is -3.85. The van der Waals surface area contributed by atoms with Gasteiger partial charge in [-0.05, 0) is 30.2 Å². The summed E-state index contributed by atoms with van der Waals surface area (Å²) in [4.78, 5) is 42.9. The van der Waals surface area contributed by atoms with E-state index in [4.69, 9.17) is 5.73 Å². The van der Waals surface area contributed by atoms with Gasteiger partial charge in [-0.2, -0.15) is 0 Å². The van der Waals surface area contributed by atoms with Gasteiger partial charge in [0.05, 0.1) is 12.3 Å². The van der Waals surface area contributed by atoms with Crippen molar-refractivity contribution in [2.45, 2.75) is 18.6 Å². The Bertz CT molecular complexity index is 1440. The lowest BCUT2D eigenvalue weighted by Crippen LogP contribution is -2.43. The minimum atomic E-state index is -0.700. The van der Waals surface area contributed by atoms with Crippen molar-refractivity contribution in [1.82, 2.24) is 18.7 Å². The van der Waals surface area contributed by atoms with E-state index in [2.05, 4.69) is 4.98 Å². The fraction of sp³-hybridized carbons (Fsp3) is 0.167. The maximum atomic E-state index is 13.1. The van der Waals surface area contributed by atoms with Gasteiger partial charge in [0.2, 0.25) is 0 Å². The monoisotopic (exact) mass is 461 g/mol. The maximum absolute atomic E-state index is 13.1. The van der Waals surface area contributed by atoms with Crippen LogP contribution in [0.5, 0.6) is 0 Å². The number of hydrogen-bond donors (Lipinski definition) is 1. The Labute approximate surface area is 194 Å². The molecule has 0 aliphatic rings. The lowest BCUT2D eigenvalue weighted by atomic mass is 10.2. The third-order valence-corrected chi connectivity index (χ3v) is 6.23. The summed E-state index contributed by atoms with van der Waals surface area (Å²) >= 11 is 1.21. The zero-order valence-electron chi connectivity index (χ0n) is 18.3. The van der Waals surface area contributed by atoms with Crippen LogP contribution in [0.25, 0.3) is 5.69 Å². The van der Waals surface area contributed by atoms with Gasteiger partial charge in [0, 0.05) is 25.1 Å². The number of nitrogens with two attached hydrogens (primary N) is 1. The summed E-state index contributed by atoms with van der Waals surface area (Å²) in [6.45, 7) is 2.16. The number of thioether (sulfide) groups is 1. The second-order valence-electron chi connectivity index (χ2n) is 7.61. The van der Waals surface area contributed by atoms with Crippen molar-refractivity contribution in [2.24, 2.45) is 7.05 Å². The third kappa shape index (κ3) is 4.54. The van der Waals surface area contributed by atoms with E-state index in [1.54, 1.807) is 6.20 Å². The number of nitrogens with zero attached hydrogens (tertiary/aromatic N) is 4. The topological polar surface area (TPSA) is 105 Å². The van der Waals surface area contributed by atoms with Crippen LogP contribution in [0.1, 0.15) is 21.5 Å². The van der Waals surface area contributed by atoms with Gasteiger partial charge in [-0.1, -0.05) is 54.2 Å². The van der Waals surface area contributed by atoms with Crippen LogP contribution in [-0.4, -0.2) is 30.2 Å². The number of rotatable bonds is 7. The molecular formula is C24H23N5O3S. The van der Waals surface area contributed by atoms with Gasteiger partial charge in [0.25, 0.3) is 5.56 Å². The molecule has 0 bridgehead atoms. The van der Waals surface area contributed by atoms with Crippen LogP contribution in [0.2, 0.25) is 0 Å². The molecule has 2 N–H and O–H groups in total. The van der Waals surface area contributed by atoms with E-state index in [1.165, 1.54) is 23.4 Å². The second kappa shape index (κ2) is 9.33. The molecule has 2 aromatic heterocycles. The van der Waals surface area contributed by atoms with Crippen LogP contribution < -0.4 is 17.0 Å². The number of benzene rings is 2. The molecule has 9 heteroatoms. The van der Waals surface area contributed by atoms with Crippen LogP contribution in [0.15, 0.2) is 81.7 Å². The lowest BCUT2D eigenvalue weighted by Gasteiger charge is -2.14. The molecule has 0 aliphatic carbocycles. The molecule has 8 nitrogen and oxygen atoms in total. The highest BCUT2D eigenvalue weighted by Gasteiger charge is 2.22. The zero-order chi connectivity index (χ0) is 23.5. The highest BCUT2D eigenvalue weighted by Crippen LogP contribution is 2.22. The molecule has 168 valence electrons. The van der Waals surface area contributed by atoms with Crippen LogP contribution in [0.4, 0.5) is 5.82 Å². The number of nitrogen functional groups attached to an aromatic ring is 1. The first kappa shape index (κ1) is 22.3. The first-order chi connectivity index (χ1) is 15.9. The summed E-state index contributed by atoms with van der Waals surface area (Å²) in [6.07, 6.45) is 3.47. The van der Waals surface area contributed by atoms with Gasteiger partial charge in [-0.3, -0.25) is 23.3 Å². The Morgan fingerprint density at radius 2 is 1.85 bits per heavy atom. The van der Waals surface area contributed by atoms with Gasteiger partial charge >= 0.3 is 5.69 Å². The third-order valence-electron chi connectivity index (χ3n) is 5.26. The number of Topliss-reactive ketones (excluding diaryl/α,β-unsaturated/α-hetero) is 1. The Kier molecular flexibility index (Phi) is 6.32. The summed E-state index contributed by atoms with van der Waals surface area (Å²) in [5.74, 6) is -0.635. The summed E-state index contributed by atoms with van der Waals surface area (Å²) in [6, 6.07) is 17.2. The minimum absolute atomic E-state index is 0.0498. The van der Waals surface area contributed by atoms with Crippen LogP contribution >= 0.6 is 11.8 Å². The fourth-order valence-electron chi connectivity index (χ4n) is 3.54. The number of hydrogen-bond acceptors (Lipinski definition) is 6. The number of anilines is 1. The Morgan fingerprint density at radius 3 is 2.58 bits per heavy atom. The molecule has 0 amide bonds. The number of carbonyl (C=O) groups excluding carboxylic acids is 1. The molecule has 0 spiro atoms. The summed E-state index contributed by atoms with van der Waals surface area (Å²) in [5, 5.41) is 0.613. The van der Waals surface area contributed by atoms with Crippen LogP contribution in [0.3, 0.4) is 0 Å². The van der Waals surface area contributed by atoms with Crippen molar-refractivity contribution in [3.8, 4) is 5.69 Å². The normalized spacial score (nSPS) is 11.0. The number of aromatic nitrogens is 4. The van der Waals surface area contributed by atoms with Crippen LogP contribution in [-0.2, 0) is 13.6 Å². The summed E-state index contributed by atoms with van der Waals surface area (Å²) < 4.78 is 4.05. The summed E-state index contributed by atoms with van der Waals surface area (Å²) in [5.41, 5.74) is 7.59. The predicted octanol–water partition coefficient (Wildman–Crippen LogP) is 2.65. The molecule has 2 aromatic carbocycles. The molecule has 4 rings (SSSR count). The van der Waals surface area contributed by atoms with E-state index in [-0.39, 0.29) is 23.7 Å². The average molecular weight is 462 g/mol. The molecular weight excluding hydrogens is 438 g/mol. The first-order valence-corrected chi connectivity index (χ1v) is 11.2. The first-order valence-electron chi connectivity index (χ1n) is 10.3. The molecule has 2 heterocycles. The van der Waals surface area contributed by atoms with Gasteiger partial charge in [0.1, 0.15) is 11.4 Å². The largest absolute Gasteiger partial charge is 0.384 e. The molecule has 0 aliphatic heterocycles. The molecule has 0 saturated carbocycles. The van der Waals surface area contributed by atoms with Gasteiger partial charge in [-0.15, -0.1) is 0 Å². The van der Waals surface area contributed by atoms with Gasteiger partial charge in [-0.25, -0.2) is 9.78 Å². The highest BCUT2D eigenvalue weighted by atomic mass is 32.2. The number of carbonyl (C=O) groups is 1. The highest BCUT2D eigenvalue weighted by molar-refractivity contribution is 7.99. The standard InChI is InChI=1S/C24H23N5O3S/c1-16-7-6-10-18(13-16)28-12-11-26-23(28)33-15-19(30)20-21(25)29(24(32)27(2)22(20)31)14-17-8-4-3-5-9-17/h3-13H,14-15,25H2,1-2H3. The van der Waals surface area contributed by atoms with E-state index in [9.17, 15) is 14.4 Å². The van der Waals surface area contributed by atoms with Crippen molar-refractivity contribution in [3.63, 3.8) is 0 Å². The summed E-state index contributed by atoms with van der Waals surface area (Å²) in [7, 11) is 1.35. The molecule has 4 aromatic rings. The van der Waals surface area contributed by atoms with Crippen molar-refractivity contribution < 1.29 is 4.79 Å². The smallest absolute Gasteiger partial charge is 0.332 e. The molecule has 0 saturated heterocycles. The van der Waals surface area contributed by atoms with E-state index < -0.39 is 17.0 Å². The molecule has 0 radical (unpaired) electrons. The van der Waals surface area contributed by atoms with E-state index in [1.807, 2.05) is 72.3 Å². The van der Waals surface area contributed by atoms with Crippen molar-refractivity contribution >= 4 is 23.4 Å². The SMILES string of the molecule is Cc1cccc(-n2ccnc2SCC(=O)c2c(N)n(Cc3ccccc3)c(=O)n(C)c2=O)c1. The maximum Gasteiger partial charge on any atom is 0.332 e. The molecule has 0 fully saturated rings. The van der Waals surface area contributed by atoms with Gasteiger partial charge < -0.3 is 5.73 Å². The van der Waals surface area contributed by atoms with E-state index in [0.29, 0.717) is 5.16 Å². The number of imidazole rings is 1. The average Bonchev–Trinajstić information content (AvgIpc) is 3.29. The number of ketones is 1. The lowest BCUT2D eigenvalue weighted by molar-refractivity contribution is 0.102. The van der Waals surface area contributed by atoms with E-state index >= 15 is 0 Å². The molecule has 0 unspecified atom stereocenters. The van der Waals surface area contributed by atoms with E-state index in [0.717, 1.165) is 21.4 Å². The number of aryl methyl sites for hydroxylation is 1. The predicted molar refractivity (Wildman–Crippen MR) is 129 cm³/mol. The van der Waals surface area contributed by atoms with Gasteiger partial charge in [0.15, 0.2) is 10.9 Å². The van der Waals surface area contributed by atoms with Crippen molar-refractivity contribution in [2.75, 3.05) is 11.5 Å². The quantitative estimate of drug-likeness (QED) is 0.335. The molecule has 0 atom stereocenters. The van der Waals surface area contributed by atoms with Crippen molar-refractivity contribution in [1.29, 1.82) is 0 Å². The zero-order valence-corrected chi connectivity index (χ0v) is 19.1.